The first-order valence-corrected chi connectivity index (χ1v) is 7.91. The maximum Gasteiger partial charge on any atom is 0.253 e. The van der Waals surface area contributed by atoms with Crippen LogP contribution in [0.1, 0.15) is 24.2 Å². The monoisotopic (exact) mass is 283 g/mol. The standard InChI is InChI=1S/C13H21N3O2S/c1-4-15-13(17)11-6-5-10(14)7-12(11)16-9(2)8-19(3)18/h5-7,9,16H,4,8,14H2,1-3H3,(H,15,17). The largest absolute Gasteiger partial charge is 0.399 e. The maximum atomic E-state index is 11.9. The highest BCUT2D eigenvalue weighted by Gasteiger charge is 2.13. The van der Waals surface area contributed by atoms with Crippen LogP contribution in [0.2, 0.25) is 0 Å². The van der Waals surface area contributed by atoms with Crippen molar-refractivity contribution < 1.29 is 9.00 Å². The van der Waals surface area contributed by atoms with Gasteiger partial charge < -0.3 is 16.4 Å². The zero-order chi connectivity index (χ0) is 14.4. The highest BCUT2D eigenvalue weighted by Crippen LogP contribution is 2.20. The van der Waals surface area contributed by atoms with Crippen molar-refractivity contribution >= 4 is 28.1 Å². The van der Waals surface area contributed by atoms with E-state index in [4.69, 9.17) is 5.73 Å². The third kappa shape index (κ3) is 4.90. The van der Waals surface area contributed by atoms with Crippen LogP contribution in [-0.2, 0) is 10.8 Å². The number of hydrogen-bond acceptors (Lipinski definition) is 4. The summed E-state index contributed by atoms with van der Waals surface area (Å²) in [6.07, 6.45) is 1.65. The first-order valence-electron chi connectivity index (χ1n) is 6.18. The van der Waals surface area contributed by atoms with Crippen LogP contribution >= 0.6 is 0 Å². The van der Waals surface area contributed by atoms with E-state index < -0.39 is 10.8 Å². The van der Waals surface area contributed by atoms with E-state index in [0.717, 1.165) is 0 Å². The summed E-state index contributed by atoms with van der Waals surface area (Å²) in [4.78, 5) is 11.9. The van der Waals surface area contributed by atoms with Gasteiger partial charge in [0.25, 0.3) is 5.91 Å². The summed E-state index contributed by atoms with van der Waals surface area (Å²) in [6.45, 7) is 4.36. The van der Waals surface area contributed by atoms with Crippen molar-refractivity contribution in [3.63, 3.8) is 0 Å². The summed E-state index contributed by atoms with van der Waals surface area (Å²) < 4.78 is 11.2. The van der Waals surface area contributed by atoms with Gasteiger partial charge in [-0.25, -0.2) is 0 Å². The summed E-state index contributed by atoms with van der Waals surface area (Å²) in [5, 5.41) is 5.94. The lowest BCUT2D eigenvalue weighted by Gasteiger charge is -2.17. The summed E-state index contributed by atoms with van der Waals surface area (Å²) in [7, 11) is -0.890. The normalized spacial score (nSPS) is 13.6. The molecule has 0 aromatic heterocycles. The van der Waals surface area contributed by atoms with Crippen LogP contribution in [0.5, 0.6) is 0 Å². The Hall–Kier alpha value is -1.56. The molecule has 0 saturated carbocycles. The van der Waals surface area contributed by atoms with Gasteiger partial charge in [-0.3, -0.25) is 9.00 Å². The predicted octanol–water partition coefficient (Wildman–Crippen LogP) is 1.20. The van der Waals surface area contributed by atoms with Crippen LogP contribution in [0.25, 0.3) is 0 Å². The molecule has 1 amide bonds. The Kier molecular flexibility index (Phi) is 5.82. The number of nitrogens with one attached hydrogen (secondary N) is 2. The minimum atomic E-state index is -0.890. The Morgan fingerprint density at radius 1 is 1.47 bits per heavy atom. The third-order valence-electron chi connectivity index (χ3n) is 2.51. The number of carbonyl (C=O) groups excluding carboxylic acids is 1. The number of nitrogens with two attached hydrogens (primary N) is 1. The minimum absolute atomic E-state index is 0.000750. The fourth-order valence-corrected chi connectivity index (χ4v) is 2.58. The number of hydrogen-bond donors (Lipinski definition) is 3. The SMILES string of the molecule is CCNC(=O)c1ccc(N)cc1NC(C)CS(C)=O. The highest BCUT2D eigenvalue weighted by atomic mass is 32.2. The summed E-state index contributed by atoms with van der Waals surface area (Å²) in [5.74, 6) is 0.374. The molecular formula is C13H21N3O2S. The Morgan fingerprint density at radius 2 is 2.16 bits per heavy atom. The van der Waals surface area contributed by atoms with Crippen LogP contribution in [0.15, 0.2) is 18.2 Å². The van der Waals surface area contributed by atoms with Gasteiger partial charge in [-0.05, 0) is 32.0 Å². The van der Waals surface area contributed by atoms with E-state index in [1.54, 1.807) is 24.5 Å². The van der Waals surface area contributed by atoms with Crippen LogP contribution in [0, 0.1) is 0 Å². The summed E-state index contributed by atoms with van der Waals surface area (Å²) in [6, 6.07) is 5.11. The second-order valence-electron chi connectivity index (χ2n) is 4.45. The van der Waals surface area contributed by atoms with Gasteiger partial charge in [0.15, 0.2) is 0 Å². The van der Waals surface area contributed by atoms with Crippen molar-refractivity contribution in [3.8, 4) is 0 Å². The second kappa shape index (κ2) is 7.13. The van der Waals surface area contributed by atoms with Crippen LogP contribution in [0.4, 0.5) is 11.4 Å². The Labute approximate surface area is 116 Å². The van der Waals surface area contributed by atoms with E-state index >= 15 is 0 Å². The zero-order valence-electron chi connectivity index (χ0n) is 11.5. The average molecular weight is 283 g/mol. The highest BCUT2D eigenvalue weighted by molar-refractivity contribution is 7.84. The molecule has 0 heterocycles. The molecule has 0 spiro atoms. The van der Waals surface area contributed by atoms with Crippen LogP contribution < -0.4 is 16.4 Å². The molecule has 5 nitrogen and oxygen atoms in total. The Balaban J connectivity index is 2.94. The first kappa shape index (κ1) is 15.5. The number of benzene rings is 1. The molecule has 1 aromatic carbocycles. The van der Waals surface area contributed by atoms with Crippen molar-refractivity contribution in [2.24, 2.45) is 0 Å². The van der Waals surface area contributed by atoms with E-state index in [0.29, 0.717) is 29.2 Å². The van der Waals surface area contributed by atoms with Gasteiger partial charge in [-0.1, -0.05) is 0 Å². The van der Waals surface area contributed by atoms with E-state index in [2.05, 4.69) is 10.6 Å². The molecule has 0 aliphatic carbocycles. The fraction of sp³-hybridized carbons (Fsp3) is 0.462. The van der Waals surface area contributed by atoms with Gasteiger partial charge in [0.2, 0.25) is 0 Å². The molecule has 106 valence electrons. The topological polar surface area (TPSA) is 84.2 Å². The Bertz CT molecular complexity index is 477. The molecule has 0 aliphatic rings. The van der Waals surface area contributed by atoms with E-state index in [9.17, 15) is 9.00 Å². The van der Waals surface area contributed by atoms with E-state index in [-0.39, 0.29) is 11.9 Å². The molecule has 19 heavy (non-hydrogen) atoms. The lowest BCUT2D eigenvalue weighted by molar-refractivity contribution is 0.0956. The number of rotatable bonds is 6. The van der Waals surface area contributed by atoms with Crippen molar-refractivity contribution in [2.75, 3.05) is 29.6 Å². The van der Waals surface area contributed by atoms with E-state index in [1.807, 2.05) is 13.8 Å². The molecular weight excluding hydrogens is 262 g/mol. The zero-order valence-corrected chi connectivity index (χ0v) is 12.3. The van der Waals surface area contributed by atoms with Gasteiger partial charge in [0.1, 0.15) is 0 Å². The fourth-order valence-electron chi connectivity index (χ4n) is 1.79. The van der Waals surface area contributed by atoms with Crippen molar-refractivity contribution in [1.29, 1.82) is 0 Å². The Morgan fingerprint density at radius 3 is 2.74 bits per heavy atom. The first-order chi connectivity index (χ1) is 8.93. The van der Waals surface area contributed by atoms with E-state index in [1.165, 1.54) is 0 Å². The molecule has 6 heteroatoms. The molecule has 1 aromatic rings. The molecule has 0 fully saturated rings. The lowest BCUT2D eigenvalue weighted by Crippen LogP contribution is -2.27. The molecule has 4 N–H and O–H groups in total. The molecule has 1 rings (SSSR count). The van der Waals surface area contributed by atoms with Gasteiger partial charge in [-0.2, -0.15) is 0 Å². The van der Waals surface area contributed by atoms with Crippen LogP contribution in [-0.4, -0.2) is 34.7 Å². The number of amides is 1. The van der Waals surface area contributed by atoms with Gasteiger partial charge >= 0.3 is 0 Å². The minimum Gasteiger partial charge on any atom is -0.399 e. The van der Waals surface area contributed by atoms with Gasteiger partial charge in [0, 0.05) is 46.8 Å². The maximum absolute atomic E-state index is 11.9. The third-order valence-corrected chi connectivity index (χ3v) is 3.48. The summed E-state index contributed by atoms with van der Waals surface area (Å²) in [5.41, 5.74) is 7.55. The molecule has 0 aliphatic heterocycles. The number of carbonyl (C=O) groups is 1. The quantitative estimate of drug-likeness (QED) is 0.685. The van der Waals surface area contributed by atoms with Crippen molar-refractivity contribution in [3.05, 3.63) is 23.8 Å². The number of anilines is 2. The molecule has 0 bridgehead atoms. The number of nitrogen functional groups attached to an aromatic ring is 1. The molecule has 2 unspecified atom stereocenters. The molecule has 0 saturated heterocycles. The predicted molar refractivity (Wildman–Crippen MR) is 80.9 cm³/mol. The van der Waals surface area contributed by atoms with Crippen molar-refractivity contribution in [2.45, 2.75) is 19.9 Å². The van der Waals surface area contributed by atoms with Gasteiger partial charge in [-0.15, -0.1) is 0 Å². The van der Waals surface area contributed by atoms with Crippen molar-refractivity contribution in [1.82, 2.24) is 5.32 Å². The smallest absolute Gasteiger partial charge is 0.253 e. The molecule has 0 radical (unpaired) electrons. The van der Waals surface area contributed by atoms with Gasteiger partial charge in [0.05, 0.1) is 5.56 Å². The lowest BCUT2D eigenvalue weighted by atomic mass is 10.1. The molecule has 2 atom stereocenters. The van der Waals surface area contributed by atoms with Crippen LogP contribution in [0.3, 0.4) is 0 Å². The second-order valence-corrected chi connectivity index (χ2v) is 5.93. The average Bonchev–Trinajstić information content (AvgIpc) is 2.27. The summed E-state index contributed by atoms with van der Waals surface area (Å²) >= 11 is 0.